The monoisotopic (exact) mass is 348 g/mol. The third-order valence-corrected chi connectivity index (χ3v) is 5.02. The molecule has 1 atom stereocenters. The van der Waals surface area contributed by atoms with Crippen molar-refractivity contribution in [3.63, 3.8) is 0 Å². The molecule has 1 aliphatic heterocycles. The van der Waals surface area contributed by atoms with Gasteiger partial charge in [-0.2, -0.15) is 5.26 Å². The second-order valence-corrected chi connectivity index (χ2v) is 6.87. The molecule has 3 heterocycles. The van der Waals surface area contributed by atoms with Crippen LogP contribution in [-0.4, -0.2) is 15.6 Å². The molecule has 130 valence electrons. The first-order valence-corrected chi connectivity index (χ1v) is 8.36. The van der Waals surface area contributed by atoms with E-state index in [0.717, 1.165) is 10.9 Å². The predicted molar refractivity (Wildman–Crippen MR) is 95.2 cm³/mol. The van der Waals surface area contributed by atoms with Gasteiger partial charge in [-0.05, 0) is 18.4 Å². The van der Waals surface area contributed by atoms with Gasteiger partial charge in [0.25, 0.3) is 0 Å². The van der Waals surface area contributed by atoms with Crippen LogP contribution in [0.2, 0.25) is 0 Å². The summed E-state index contributed by atoms with van der Waals surface area (Å²) in [4.78, 5) is 23.7. The van der Waals surface area contributed by atoms with Gasteiger partial charge in [-0.1, -0.05) is 26.0 Å². The molecule has 0 radical (unpaired) electrons. The van der Waals surface area contributed by atoms with Crippen molar-refractivity contribution in [2.45, 2.75) is 26.3 Å². The van der Waals surface area contributed by atoms with Crippen molar-refractivity contribution in [1.29, 1.82) is 5.26 Å². The van der Waals surface area contributed by atoms with Gasteiger partial charge in [0.15, 0.2) is 16.8 Å². The molecule has 0 amide bonds. The number of carbonyl (C=O) groups is 1. The van der Waals surface area contributed by atoms with Gasteiger partial charge in [0.1, 0.15) is 11.6 Å². The van der Waals surface area contributed by atoms with Gasteiger partial charge in [0.05, 0.1) is 11.3 Å². The van der Waals surface area contributed by atoms with Crippen LogP contribution in [0.4, 0.5) is 0 Å². The number of nitrogens with zero attached hydrogens (tertiary/aromatic N) is 2. The first-order chi connectivity index (χ1) is 12.4. The predicted octanol–water partition coefficient (Wildman–Crippen LogP) is 3.58. The van der Waals surface area contributed by atoms with Crippen LogP contribution < -0.4 is 5.43 Å². The van der Waals surface area contributed by atoms with E-state index >= 15 is 0 Å². The van der Waals surface area contributed by atoms with Gasteiger partial charge in [0, 0.05) is 29.3 Å². The van der Waals surface area contributed by atoms with Crippen molar-refractivity contribution in [3.05, 3.63) is 57.4 Å². The maximum Gasteiger partial charge on any atom is 0.341 e. The number of rotatable bonds is 2. The number of carboxylic acids is 1. The number of benzene rings is 1. The highest BCUT2D eigenvalue weighted by Crippen LogP contribution is 2.43. The smallest absolute Gasteiger partial charge is 0.341 e. The molecule has 0 saturated carbocycles. The van der Waals surface area contributed by atoms with E-state index in [0.29, 0.717) is 29.0 Å². The van der Waals surface area contributed by atoms with Gasteiger partial charge in [-0.25, -0.2) is 4.79 Å². The van der Waals surface area contributed by atoms with Crippen LogP contribution >= 0.6 is 0 Å². The van der Waals surface area contributed by atoms with E-state index in [1.165, 1.54) is 12.3 Å². The lowest BCUT2D eigenvalue weighted by Crippen LogP contribution is -2.27. The Balaban J connectivity index is 2.09. The summed E-state index contributed by atoms with van der Waals surface area (Å²) < 4.78 is 7.82. The molecule has 0 aliphatic carbocycles. The SMILES string of the molecule is CC(C)[C@@H]1Cc2c(oc3c(C#N)cccc23)-c2cc(=O)c(C(=O)O)cn21. The normalized spacial score (nSPS) is 15.5. The lowest BCUT2D eigenvalue weighted by molar-refractivity contribution is 0.0694. The first kappa shape index (κ1) is 16.2. The molecular weight excluding hydrogens is 332 g/mol. The highest BCUT2D eigenvalue weighted by atomic mass is 16.4. The van der Waals surface area contributed by atoms with Crippen molar-refractivity contribution in [1.82, 2.24) is 4.57 Å². The molecule has 6 nitrogen and oxygen atoms in total. The van der Waals surface area contributed by atoms with E-state index in [1.807, 2.05) is 16.7 Å². The van der Waals surface area contributed by atoms with Crippen LogP contribution in [0.5, 0.6) is 0 Å². The summed E-state index contributed by atoms with van der Waals surface area (Å²) in [5.74, 6) is -0.487. The van der Waals surface area contributed by atoms with Crippen molar-refractivity contribution >= 4 is 16.9 Å². The summed E-state index contributed by atoms with van der Waals surface area (Å²) in [6, 6.07) is 8.87. The number of aromatic nitrogens is 1. The van der Waals surface area contributed by atoms with Gasteiger partial charge in [-0.3, -0.25) is 4.79 Å². The zero-order valence-electron chi connectivity index (χ0n) is 14.3. The quantitative estimate of drug-likeness (QED) is 0.763. The average molecular weight is 348 g/mol. The minimum absolute atomic E-state index is 0.0114. The van der Waals surface area contributed by atoms with Crippen LogP contribution in [0.25, 0.3) is 22.4 Å². The average Bonchev–Trinajstić information content (AvgIpc) is 2.99. The fourth-order valence-corrected chi connectivity index (χ4v) is 3.70. The van der Waals surface area contributed by atoms with Crippen LogP contribution in [-0.2, 0) is 6.42 Å². The van der Waals surface area contributed by atoms with E-state index in [1.54, 1.807) is 6.07 Å². The van der Waals surface area contributed by atoms with Gasteiger partial charge >= 0.3 is 5.97 Å². The molecule has 1 aliphatic rings. The molecular formula is C20H16N2O4. The van der Waals surface area contributed by atoms with Crippen LogP contribution in [0.15, 0.2) is 39.7 Å². The number of para-hydroxylation sites is 1. The Bertz CT molecular complexity index is 1160. The molecule has 1 N–H and O–H groups in total. The maximum atomic E-state index is 12.3. The molecule has 0 spiro atoms. The molecule has 1 aromatic carbocycles. The van der Waals surface area contributed by atoms with Gasteiger partial charge in [0.2, 0.25) is 0 Å². The number of hydrogen-bond donors (Lipinski definition) is 1. The second-order valence-electron chi connectivity index (χ2n) is 6.87. The molecule has 4 rings (SSSR count). The van der Waals surface area contributed by atoms with Crippen molar-refractivity contribution in [2.24, 2.45) is 5.92 Å². The lowest BCUT2D eigenvalue weighted by atomic mass is 9.89. The summed E-state index contributed by atoms with van der Waals surface area (Å²) in [5, 5.41) is 19.5. The standard InChI is InChI=1S/C20H16N2O4/c1-10(2)15-6-13-12-5-3-4-11(8-21)18(12)26-19(13)16-7-17(23)14(20(24)25)9-22(15)16/h3-5,7,9-10,15H,6H2,1-2H3,(H,24,25)/t15-/m0/s1. The van der Waals surface area contributed by atoms with Crippen molar-refractivity contribution in [3.8, 4) is 17.5 Å². The minimum atomic E-state index is -1.24. The van der Waals surface area contributed by atoms with Gasteiger partial charge in [-0.15, -0.1) is 0 Å². The Hall–Kier alpha value is -3.33. The molecule has 3 aromatic rings. The van der Waals surface area contributed by atoms with E-state index in [4.69, 9.17) is 4.42 Å². The molecule has 0 saturated heterocycles. The highest BCUT2D eigenvalue weighted by molar-refractivity contribution is 5.92. The van der Waals surface area contributed by atoms with Crippen LogP contribution in [0.3, 0.4) is 0 Å². The van der Waals surface area contributed by atoms with Crippen LogP contribution in [0, 0.1) is 17.2 Å². The zero-order valence-corrected chi connectivity index (χ0v) is 14.3. The van der Waals surface area contributed by atoms with Gasteiger partial charge < -0.3 is 14.1 Å². The van der Waals surface area contributed by atoms with Crippen molar-refractivity contribution in [2.75, 3.05) is 0 Å². The number of aromatic carboxylic acids is 1. The number of carboxylic acid groups (broad SMARTS) is 1. The fraction of sp³-hybridized carbons (Fsp3) is 0.250. The summed E-state index contributed by atoms with van der Waals surface area (Å²) in [6.07, 6.45) is 2.05. The molecule has 0 unspecified atom stereocenters. The number of pyridine rings is 1. The number of hydrogen-bond acceptors (Lipinski definition) is 4. The summed E-state index contributed by atoms with van der Waals surface area (Å²) >= 11 is 0. The van der Waals surface area contributed by atoms with Crippen LogP contribution in [0.1, 0.15) is 41.4 Å². The molecule has 2 aromatic heterocycles. The minimum Gasteiger partial charge on any atom is -0.477 e. The Morgan fingerprint density at radius 2 is 2.19 bits per heavy atom. The summed E-state index contributed by atoms with van der Waals surface area (Å²) in [6.45, 7) is 4.11. The molecule has 0 fully saturated rings. The van der Waals surface area contributed by atoms with E-state index in [9.17, 15) is 20.0 Å². The van der Waals surface area contributed by atoms with E-state index in [-0.39, 0.29) is 17.5 Å². The third-order valence-electron chi connectivity index (χ3n) is 5.02. The van der Waals surface area contributed by atoms with Crippen molar-refractivity contribution < 1.29 is 14.3 Å². The lowest BCUT2D eigenvalue weighted by Gasteiger charge is -2.31. The molecule has 6 heteroatoms. The maximum absolute atomic E-state index is 12.3. The topological polar surface area (TPSA) is 96.2 Å². The fourth-order valence-electron chi connectivity index (χ4n) is 3.70. The first-order valence-electron chi connectivity index (χ1n) is 8.36. The Kier molecular flexibility index (Phi) is 3.48. The molecule has 26 heavy (non-hydrogen) atoms. The zero-order chi connectivity index (χ0) is 18.6. The summed E-state index contributed by atoms with van der Waals surface area (Å²) in [7, 11) is 0. The molecule has 0 bridgehead atoms. The van der Waals surface area contributed by atoms with E-state index in [2.05, 4.69) is 19.9 Å². The Morgan fingerprint density at radius 3 is 2.85 bits per heavy atom. The number of nitriles is 1. The third kappa shape index (κ3) is 2.17. The summed E-state index contributed by atoms with van der Waals surface area (Å²) in [5.41, 5.74) is 1.65. The highest BCUT2D eigenvalue weighted by Gasteiger charge is 2.32. The second kappa shape index (κ2) is 5.60. The largest absolute Gasteiger partial charge is 0.477 e. The number of furan rings is 1. The Labute approximate surface area is 148 Å². The van der Waals surface area contributed by atoms with E-state index < -0.39 is 11.4 Å². The number of fused-ring (bicyclic) bond motifs is 5. The Morgan fingerprint density at radius 1 is 1.42 bits per heavy atom.